The molecule has 0 bridgehead atoms. The summed E-state index contributed by atoms with van der Waals surface area (Å²) >= 11 is 7.31. The summed E-state index contributed by atoms with van der Waals surface area (Å²) in [5.41, 5.74) is 0. The van der Waals surface area contributed by atoms with Crippen molar-refractivity contribution in [3.63, 3.8) is 0 Å². The molecule has 0 aromatic heterocycles. The summed E-state index contributed by atoms with van der Waals surface area (Å²) in [5.74, 6) is 0.350. The number of rotatable bonds is 4. The van der Waals surface area contributed by atoms with Crippen molar-refractivity contribution in [2.75, 3.05) is 5.75 Å². The third kappa shape index (κ3) is 4.53. The molecule has 1 radical (unpaired) electrons. The smallest absolute Gasteiger partial charge is 0.303 e. The van der Waals surface area contributed by atoms with E-state index in [1.54, 1.807) is 11.8 Å². The van der Waals surface area contributed by atoms with Gasteiger partial charge >= 0.3 is 5.97 Å². The summed E-state index contributed by atoms with van der Waals surface area (Å²) in [6.07, 6.45) is 0. The third-order valence-electron chi connectivity index (χ3n) is 1.38. The van der Waals surface area contributed by atoms with Crippen molar-refractivity contribution in [2.24, 2.45) is 0 Å². The maximum Gasteiger partial charge on any atom is 0.303 e. The van der Waals surface area contributed by atoms with Crippen LogP contribution in [0.2, 0.25) is 5.02 Å². The number of hydrogen-bond acceptors (Lipinski definition) is 3. The van der Waals surface area contributed by atoms with Crippen molar-refractivity contribution < 1.29 is 9.53 Å². The summed E-state index contributed by atoms with van der Waals surface area (Å²) in [5, 5.41) is 0.721. The number of carbonyl (C=O) groups is 1. The minimum atomic E-state index is -0.290. The fourth-order valence-corrected chi connectivity index (χ4v) is 1.60. The molecule has 0 amide bonds. The Labute approximate surface area is 92.6 Å². The molecule has 0 atom stereocenters. The van der Waals surface area contributed by atoms with Gasteiger partial charge in [-0.25, -0.2) is 0 Å². The molecular weight excluding hydrogens is 220 g/mol. The molecule has 4 heteroatoms. The molecular formula is C10H10ClO2S. The molecule has 0 heterocycles. The fraction of sp³-hybridized carbons (Fsp3) is 0.200. The largest absolute Gasteiger partial charge is 0.458 e. The van der Waals surface area contributed by atoms with E-state index < -0.39 is 0 Å². The number of ether oxygens (including phenoxy) is 1. The van der Waals surface area contributed by atoms with Gasteiger partial charge in [0.15, 0.2) is 0 Å². The maximum atomic E-state index is 10.4. The lowest BCUT2D eigenvalue weighted by atomic mass is 10.4. The van der Waals surface area contributed by atoms with E-state index in [0.29, 0.717) is 5.75 Å². The normalized spacial score (nSPS) is 9.86. The molecule has 75 valence electrons. The zero-order valence-electron chi connectivity index (χ0n) is 7.70. The molecule has 0 spiro atoms. The van der Waals surface area contributed by atoms with Crippen LogP contribution in [0.1, 0.15) is 6.92 Å². The number of hydrogen-bond donors (Lipinski definition) is 0. The van der Waals surface area contributed by atoms with Crippen LogP contribution in [0.4, 0.5) is 0 Å². The number of carbonyl (C=O) groups excluding carboxylic acids is 1. The summed E-state index contributed by atoms with van der Waals surface area (Å²) in [6, 6.07) is 7.51. The number of benzene rings is 1. The van der Waals surface area contributed by atoms with E-state index in [9.17, 15) is 4.79 Å². The van der Waals surface area contributed by atoms with E-state index in [0.717, 1.165) is 9.92 Å². The van der Waals surface area contributed by atoms with Crippen LogP contribution in [0.15, 0.2) is 29.2 Å². The highest BCUT2D eigenvalue weighted by molar-refractivity contribution is 7.99. The lowest BCUT2D eigenvalue weighted by Gasteiger charge is -2.01. The van der Waals surface area contributed by atoms with E-state index in [1.807, 2.05) is 24.3 Å². The molecule has 0 unspecified atom stereocenters. The van der Waals surface area contributed by atoms with Crippen molar-refractivity contribution >= 4 is 29.3 Å². The molecule has 0 aliphatic carbocycles. The van der Waals surface area contributed by atoms with Crippen LogP contribution in [0.5, 0.6) is 0 Å². The SMILES string of the molecule is CC(=O)O[CH]CSc1ccc(Cl)cc1. The van der Waals surface area contributed by atoms with Crippen LogP contribution in [0.25, 0.3) is 0 Å². The molecule has 14 heavy (non-hydrogen) atoms. The van der Waals surface area contributed by atoms with Gasteiger partial charge < -0.3 is 4.74 Å². The van der Waals surface area contributed by atoms with Crippen molar-refractivity contribution in [1.29, 1.82) is 0 Å². The summed E-state index contributed by atoms with van der Waals surface area (Å²) in [4.78, 5) is 11.5. The Morgan fingerprint density at radius 2 is 2.14 bits per heavy atom. The van der Waals surface area contributed by atoms with Gasteiger partial charge in [0.1, 0.15) is 6.61 Å². The van der Waals surface area contributed by atoms with Gasteiger partial charge in [0.2, 0.25) is 0 Å². The topological polar surface area (TPSA) is 26.3 Å². The van der Waals surface area contributed by atoms with Crippen LogP contribution in [-0.4, -0.2) is 11.7 Å². The molecule has 0 aliphatic heterocycles. The molecule has 2 nitrogen and oxygen atoms in total. The molecule has 1 aromatic rings. The Bertz CT molecular complexity index is 297. The van der Waals surface area contributed by atoms with Gasteiger partial charge in [-0.15, -0.1) is 11.8 Å². The Morgan fingerprint density at radius 1 is 1.50 bits per heavy atom. The Morgan fingerprint density at radius 3 is 2.71 bits per heavy atom. The standard InChI is InChI=1S/C10H10ClO2S/c1-8(12)13-6-7-14-10-4-2-9(11)3-5-10/h2-6H,7H2,1H3. The lowest BCUT2D eigenvalue weighted by Crippen LogP contribution is -1.96. The molecule has 0 saturated carbocycles. The van der Waals surface area contributed by atoms with Gasteiger partial charge in [0, 0.05) is 22.6 Å². The van der Waals surface area contributed by atoms with Crippen molar-refractivity contribution in [3.05, 3.63) is 35.9 Å². The highest BCUT2D eigenvalue weighted by Crippen LogP contribution is 2.20. The monoisotopic (exact) mass is 229 g/mol. The second-order valence-electron chi connectivity index (χ2n) is 2.54. The van der Waals surface area contributed by atoms with E-state index in [-0.39, 0.29) is 5.97 Å². The van der Waals surface area contributed by atoms with Crippen LogP contribution < -0.4 is 0 Å². The minimum Gasteiger partial charge on any atom is -0.458 e. The van der Waals surface area contributed by atoms with Crippen LogP contribution in [0.3, 0.4) is 0 Å². The average molecular weight is 230 g/mol. The average Bonchev–Trinajstić information content (AvgIpc) is 2.15. The van der Waals surface area contributed by atoms with Gasteiger partial charge in [-0.2, -0.15) is 0 Å². The van der Waals surface area contributed by atoms with Crippen LogP contribution in [-0.2, 0) is 9.53 Å². The van der Waals surface area contributed by atoms with E-state index in [4.69, 9.17) is 11.6 Å². The number of halogens is 1. The minimum absolute atomic E-state index is 0.290. The first-order valence-electron chi connectivity index (χ1n) is 4.06. The molecule has 0 aliphatic rings. The van der Waals surface area contributed by atoms with E-state index in [1.165, 1.54) is 13.5 Å². The highest BCUT2D eigenvalue weighted by atomic mass is 35.5. The van der Waals surface area contributed by atoms with Gasteiger partial charge in [0.05, 0.1) is 0 Å². The lowest BCUT2D eigenvalue weighted by molar-refractivity contribution is -0.137. The molecule has 0 fully saturated rings. The maximum absolute atomic E-state index is 10.4. The Hall–Kier alpha value is -0.670. The predicted molar refractivity (Wildman–Crippen MR) is 58.2 cm³/mol. The Balaban J connectivity index is 2.25. The van der Waals surface area contributed by atoms with Crippen molar-refractivity contribution in [3.8, 4) is 0 Å². The van der Waals surface area contributed by atoms with Crippen molar-refractivity contribution in [2.45, 2.75) is 11.8 Å². The second-order valence-corrected chi connectivity index (χ2v) is 4.07. The third-order valence-corrected chi connectivity index (χ3v) is 2.54. The zero-order valence-corrected chi connectivity index (χ0v) is 9.27. The highest BCUT2D eigenvalue weighted by Gasteiger charge is 1.96. The first-order valence-corrected chi connectivity index (χ1v) is 5.42. The predicted octanol–water partition coefficient (Wildman–Crippen LogP) is 3.16. The quantitative estimate of drug-likeness (QED) is 0.451. The molecule has 1 aromatic carbocycles. The summed E-state index contributed by atoms with van der Waals surface area (Å²) < 4.78 is 4.68. The van der Waals surface area contributed by atoms with E-state index >= 15 is 0 Å². The second kappa shape index (κ2) is 5.94. The molecule has 0 N–H and O–H groups in total. The summed E-state index contributed by atoms with van der Waals surface area (Å²) in [7, 11) is 0. The van der Waals surface area contributed by atoms with E-state index in [2.05, 4.69) is 4.74 Å². The summed E-state index contributed by atoms with van der Waals surface area (Å²) in [6.45, 7) is 2.87. The van der Waals surface area contributed by atoms with Gasteiger partial charge in [-0.05, 0) is 24.3 Å². The van der Waals surface area contributed by atoms with Crippen molar-refractivity contribution in [1.82, 2.24) is 0 Å². The van der Waals surface area contributed by atoms with Gasteiger partial charge in [0.25, 0.3) is 0 Å². The molecule has 1 rings (SSSR count). The zero-order chi connectivity index (χ0) is 10.4. The number of thioether (sulfide) groups is 1. The van der Waals surface area contributed by atoms with Crippen LogP contribution >= 0.6 is 23.4 Å². The molecule has 0 saturated heterocycles. The van der Waals surface area contributed by atoms with Gasteiger partial charge in [-0.1, -0.05) is 11.6 Å². The first-order chi connectivity index (χ1) is 6.68. The van der Waals surface area contributed by atoms with Gasteiger partial charge in [-0.3, -0.25) is 4.79 Å². The first kappa shape index (κ1) is 11.4. The number of esters is 1. The van der Waals surface area contributed by atoms with Crippen LogP contribution in [0, 0.1) is 6.61 Å². The fourth-order valence-electron chi connectivity index (χ4n) is 0.812. The Kier molecular flexibility index (Phi) is 4.84.